The second kappa shape index (κ2) is 12.6. The lowest BCUT2D eigenvalue weighted by Gasteiger charge is -2.30. The number of ether oxygens (including phenoxy) is 1. The number of carbonyl (C=O) groups excluding carboxylic acids is 1. The van der Waals surface area contributed by atoms with Gasteiger partial charge in [0.15, 0.2) is 5.96 Å². The van der Waals surface area contributed by atoms with Crippen molar-refractivity contribution in [3.8, 4) is 5.75 Å². The normalized spacial score (nSPS) is 20.3. The van der Waals surface area contributed by atoms with E-state index in [1.807, 2.05) is 31.2 Å². The average Bonchev–Trinajstić information content (AvgIpc) is 2.77. The van der Waals surface area contributed by atoms with E-state index >= 15 is 0 Å². The molecule has 1 amide bonds. The maximum atomic E-state index is 12.2. The van der Waals surface area contributed by atoms with Gasteiger partial charge in [-0.3, -0.25) is 9.00 Å². The van der Waals surface area contributed by atoms with Crippen molar-refractivity contribution >= 4 is 22.7 Å². The van der Waals surface area contributed by atoms with E-state index in [-0.39, 0.29) is 23.7 Å². The predicted octanol–water partition coefficient (Wildman–Crippen LogP) is 1.94. The van der Waals surface area contributed by atoms with E-state index < -0.39 is 10.8 Å². The van der Waals surface area contributed by atoms with Crippen molar-refractivity contribution < 1.29 is 13.7 Å². The van der Waals surface area contributed by atoms with Gasteiger partial charge in [0.2, 0.25) is 5.91 Å². The molecule has 1 aromatic rings. The van der Waals surface area contributed by atoms with Crippen LogP contribution in [0, 0.1) is 0 Å². The van der Waals surface area contributed by atoms with Gasteiger partial charge in [-0.05, 0) is 43.4 Å². The van der Waals surface area contributed by atoms with Crippen molar-refractivity contribution in [1.29, 1.82) is 0 Å². The van der Waals surface area contributed by atoms with Crippen molar-refractivity contribution in [3.05, 3.63) is 29.8 Å². The van der Waals surface area contributed by atoms with E-state index in [1.54, 1.807) is 26.1 Å². The number of carbonyl (C=O) groups is 1. The van der Waals surface area contributed by atoms with Gasteiger partial charge in [0.25, 0.3) is 0 Å². The van der Waals surface area contributed by atoms with Crippen LogP contribution < -0.4 is 15.4 Å². The number of likely N-dealkylation sites (N-methyl/N-ethyl adjacent to an activating group) is 1. The Kier molecular flexibility index (Phi) is 10.1. The summed E-state index contributed by atoms with van der Waals surface area (Å²) in [7, 11) is 4.35. The molecule has 0 aromatic heterocycles. The summed E-state index contributed by atoms with van der Waals surface area (Å²) in [5, 5.41) is 7.08. The molecule has 0 saturated heterocycles. The Morgan fingerprint density at radius 2 is 2.00 bits per heavy atom. The van der Waals surface area contributed by atoms with Crippen LogP contribution in [0.1, 0.15) is 38.2 Å². The first-order valence-electron chi connectivity index (χ1n) is 10.7. The first-order chi connectivity index (χ1) is 14.4. The summed E-state index contributed by atoms with van der Waals surface area (Å²) in [6.45, 7) is 2.78. The van der Waals surface area contributed by atoms with Crippen molar-refractivity contribution in [2.45, 2.75) is 50.3 Å². The number of hydrogen-bond acceptors (Lipinski definition) is 4. The van der Waals surface area contributed by atoms with Crippen LogP contribution >= 0.6 is 0 Å². The molecule has 168 valence electrons. The largest absolute Gasteiger partial charge is 0.497 e. The van der Waals surface area contributed by atoms with Gasteiger partial charge in [-0.1, -0.05) is 25.5 Å². The third-order valence-electron chi connectivity index (χ3n) is 5.36. The van der Waals surface area contributed by atoms with Crippen LogP contribution in [0.2, 0.25) is 0 Å². The van der Waals surface area contributed by atoms with Gasteiger partial charge in [-0.2, -0.15) is 0 Å². The van der Waals surface area contributed by atoms with Gasteiger partial charge >= 0.3 is 0 Å². The minimum Gasteiger partial charge on any atom is -0.497 e. The molecule has 0 radical (unpaired) electrons. The molecule has 0 aliphatic heterocycles. The van der Waals surface area contributed by atoms with Gasteiger partial charge in [0, 0.05) is 48.5 Å². The molecule has 1 aliphatic rings. The topological polar surface area (TPSA) is 83.0 Å². The molecule has 2 rings (SSSR count). The van der Waals surface area contributed by atoms with Crippen LogP contribution in [-0.4, -0.2) is 72.3 Å². The fraction of sp³-hybridized carbons (Fsp3) is 0.636. The summed E-state index contributed by atoms with van der Waals surface area (Å²) in [6.07, 6.45) is 4.82. The monoisotopic (exact) mass is 436 g/mol. The summed E-state index contributed by atoms with van der Waals surface area (Å²) < 4.78 is 17.4. The fourth-order valence-electron chi connectivity index (χ4n) is 3.50. The average molecular weight is 437 g/mol. The maximum Gasteiger partial charge on any atom is 0.243 e. The summed E-state index contributed by atoms with van der Waals surface area (Å²) in [4.78, 5) is 18.0. The summed E-state index contributed by atoms with van der Waals surface area (Å²) >= 11 is 0. The summed E-state index contributed by atoms with van der Waals surface area (Å²) in [6, 6.07) is 8.22. The van der Waals surface area contributed by atoms with Crippen LogP contribution in [0.15, 0.2) is 29.3 Å². The van der Waals surface area contributed by atoms with E-state index in [0.29, 0.717) is 18.3 Å². The number of methoxy groups -OCH3 is 1. The molecule has 1 aliphatic carbocycles. The molecule has 30 heavy (non-hydrogen) atoms. The standard InChI is InChI=1S/C22H36N4O3S/c1-5-30(28)20-8-6-7-18(15-20)25-22(24-16-21(27)26(2)3)23-14-13-17-9-11-19(29-4)12-10-17/h9-12,18,20H,5-8,13-16H2,1-4H3,(H2,23,24,25). The highest BCUT2D eigenvalue weighted by Gasteiger charge is 2.26. The molecule has 1 fully saturated rings. The predicted molar refractivity (Wildman–Crippen MR) is 124 cm³/mol. The van der Waals surface area contributed by atoms with Crippen molar-refractivity contribution in [2.24, 2.45) is 4.99 Å². The van der Waals surface area contributed by atoms with Gasteiger partial charge < -0.3 is 20.3 Å². The van der Waals surface area contributed by atoms with E-state index in [0.717, 1.165) is 37.9 Å². The summed E-state index contributed by atoms with van der Waals surface area (Å²) in [5.41, 5.74) is 1.20. The van der Waals surface area contributed by atoms with Crippen LogP contribution in [0.5, 0.6) is 5.75 Å². The number of aliphatic imine (C=N–C) groups is 1. The van der Waals surface area contributed by atoms with Crippen LogP contribution in [0.4, 0.5) is 0 Å². The Labute approximate surface area is 183 Å². The fourth-order valence-corrected chi connectivity index (χ4v) is 4.85. The van der Waals surface area contributed by atoms with Crippen LogP contribution in [-0.2, 0) is 22.0 Å². The number of hydrogen-bond donors (Lipinski definition) is 2. The lowest BCUT2D eigenvalue weighted by atomic mass is 9.95. The number of nitrogens with one attached hydrogen (secondary N) is 2. The molecule has 3 unspecified atom stereocenters. The molecule has 3 atom stereocenters. The highest BCUT2D eigenvalue weighted by molar-refractivity contribution is 7.85. The Balaban J connectivity index is 1.96. The van der Waals surface area contributed by atoms with Crippen molar-refractivity contribution in [3.63, 3.8) is 0 Å². The molecule has 1 saturated carbocycles. The lowest BCUT2D eigenvalue weighted by molar-refractivity contribution is -0.127. The van der Waals surface area contributed by atoms with E-state index in [1.165, 1.54) is 5.56 Å². The quantitative estimate of drug-likeness (QED) is 0.457. The van der Waals surface area contributed by atoms with Crippen LogP contribution in [0.3, 0.4) is 0 Å². The molecule has 2 N–H and O–H groups in total. The molecular weight excluding hydrogens is 400 g/mol. The van der Waals surface area contributed by atoms with Crippen molar-refractivity contribution in [1.82, 2.24) is 15.5 Å². The molecule has 0 spiro atoms. The minimum absolute atomic E-state index is 0.0418. The number of rotatable bonds is 9. The van der Waals surface area contributed by atoms with Gasteiger partial charge in [0.05, 0.1) is 7.11 Å². The number of guanidine groups is 1. The SMILES string of the molecule is CCS(=O)C1CCCC(NC(=NCC(=O)N(C)C)NCCc2ccc(OC)cc2)C1. The maximum absolute atomic E-state index is 12.2. The Morgan fingerprint density at radius 3 is 2.63 bits per heavy atom. The molecule has 0 heterocycles. The Bertz CT molecular complexity index is 722. The first kappa shape index (κ1) is 24.2. The first-order valence-corrected chi connectivity index (χ1v) is 12.1. The van der Waals surface area contributed by atoms with E-state index in [9.17, 15) is 9.00 Å². The molecule has 1 aromatic carbocycles. The lowest BCUT2D eigenvalue weighted by Crippen LogP contribution is -2.47. The zero-order chi connectivity index (χ0) is 21.9. The molecule has 7 nitrogen and oxygen atoms in total. The highest BCUT2D eigenvalue weighted by Crippen LogP contribution is 2.23. The van der Waals surface area contributed by atoms with Gasteiger partial charge in [-0.25, -0.2) is 4.99 Å². The second-order valence-corrected chi connectivity index (χ2v) is 9.78. The van der Waals surface area contributed by atoms with Gasteiger partial charge in [-0.15, -0.1) is 0 Å². The number of amides is 1. The van der Waals surface area contributed by atoms with Crippen molar-refractivity contribution in [2.75, 3.05) is 40.0 Å². The third kappa shape index (κ3) is 7.97. The number of nitrogens with zero attached hydrogens (tertiary/aromatic N) is 2. The number of benzene rings is 1. The molecule has 0 bridgehead atoms. The van der Waals surface area contributed by atoms with E-state index in [4.69, 9.17) is 4.74 Å². The third-order valence-corrected chi connectivity index (χ3v) is 7.10. The Hall–Kier alpha value is -2.09. The minimum atomic E-state index is -0.771. The second-order valence-electron chi connectivity index (χ2n) is 7.78. The van der Waals surface area contributed by atoms with Crippen LogP contribution in [0.25, 0.3) is 0 Å². The Morgan fingerprint density at radius 1 is 1.27 bits per heavy atom. The van der Waals surface area contributed by atoms with E-state index in [2.05, 4.69) is 15.6 Å². The zero-order valence-corrected chi connectivity index (χ0v) is 19.5. The smallest absolute Gasteiger partial charge is 0.243 e. The van der Waals surface area contributed by atoms with Gasteiger partial charge in [0.1, 0.15) is 12.3 Å². The molecular formula is C22H36N4O3S. The summed E-state index contributed by atoms with van der Waals surface area (Å²) in [5.74, 6) is 2.15. The molecule has 8 heteroatoms. The highest BCUT2D eigenvalue weighted by atomic mass is 32.2. The zero-order valence-electron chi connectivity index (χ0n) is 18.6.